The molecule has 2 aliphatic rings. The van der Waals surface area contributed by atoms with Crippen LogP contribution in [-0.2, 0) is 33.9 Å². The van der Waals surface area contributed by atoms with Gasteiger partial charge in [0, 0.05) is 44.6 Å². The predicted molar refractivity (Wildman–Crippen MR) is 196 cm³/mol. The van der Waals surface area contributed by atoms with Crippen molar-refractivity contribution < 1.29 is 30.8 Å². The van der Waals surface area contributed by atoms with Crippen molar-refractivity contribution in [1.82, 2.24) is 24.6 Å². The first kappa shape index (κ1) is 39.0. The lowest BCUT2D eigenvalue weighted by atomic mass is 9.82. The molecule has 1 saturated heterocycles. The Labute approximate surface area is 300 Å². The van der Waals surface area contributed by atoms with Crippen LogP contribution in [0.2, 0.25) is 18.1 Å². The molecule has 0 bridgehead atoms. The van der Waals surface area contributed by atoms with Gasteiger partial charge in [-0.3, -0.25) is 4.68 Å². The first-order valence-corrected chi connectivity index (χ1v) is 22.0. The number of anilines is 4. The molecule has 16 heteroatoms. The van der Waals surface area contributed by atoms with E-state index in [-0.39, 0.29) is 27.8 Å². The van der Waals surface area contributed by atoms with Crippen molar-refractivity contribution in [3.63, 3.8) is 0 Å². The Morgan fingerprint density at radius 3 is 2.39 bits per heavy atom. The third-order valence-corrected chi connectivity index (χ3v) is 17.0. The highest BCUT2D eigenvalue weighted by atomic mass is 32.2. The van der Waals surface area contributed by atoms with Gasteiger partial charge in [0.15, 0.2) is 8.32 Å². The Hall–Kier alpha value is -3.21. The second-order valence-corrected chi connectivity index (χ2v) is 22.9. The number of alkyl halides is 3. The number of aromatic nitrogens is 4. The van der Waals surface area contributed by atoms with Crippen molar-refractivity contribution in [2.75, 3.05) is 36.9 Å². The van der Waals surface area contributed by atoms with Crippen LogP contribution in [0.25, 0.3) is 0 Å². The van der Waals surface area contributed by atoms with Crippen LogP contribution in [0.15, 0.2) is 23.5 Å². The number of benzene rings is 1. The van der Waals surface area contributed by atoms with Gasteiger partial charge in [0.05, 0.1) is 16.6 Å². The van der Waals surface area contributed by atoms with E-state index in [2.05, 4.69) is 71.4 Å². The number of likely N-dealkylation sites (tertiary alicyclic amines) is 1. The van der Waals surface area contributed by atoms with E-state index in [9.17, 15) is 21.6 Å². The number of rotatable bonds is 11. The minimum absolute atomic E-state index is 0.0775. The standard InChI is InChI=1S/C35H52F3N7O4SSi/c1-21(2)50(46,47)32-28(20-44(8)43-32)40-31-26(35(36,37)38)19-39-33(42-31)41-27-17-22(3)29(25-18-23(4)49-30(25)27)24-11-13-45(14-12-24)15-16-48-51(9,10)34(5,6)7/h17,19-21,23-24H,11-16,18H2,1-10H3,(H2,39,40,41,42)/t23-/m1/s1. The lowest BCUT2D eigenvalue weighted by molar-refractivity contribution is -0.137. The fourth-order valence-electron chi connectivity index (χ4n) is 6.48. The molecule has 0 saturated carbocycles. The summed E-state index contributed by atoms with van der Waals surface area (Å²) in [6.07, 6.45) is -0.167. The molecular formula is C35H52F3N7O4SSi. The monoisotopic (exact) mass is 751 g/mol. The summed E-state index contributed by atoms with van der Waals surface area (Å²) in [5.41, 5.74) is 2.75. The Balaban J connectivity index is 1.38. The molecule has 2 aromatic heterocycles. The third kappa shape index (κ3) is 8.39. The molecule has 0 unspecified atom stereocenters. The zero-order valence-electron chi connectivity index (χ0n) is 31.3. The van der Waals surface area contributed by atoms with Crippen LogP contribution < -0.4 is 15.4 Å². The maximum atomic E-state index is 14.1. The molecule has 0 radical (unpaired) electrons. The molecule has 4 heterocycles. The van der Waals surface area contributed by atoms with Gasteiger partial charge >= 0.3 is 6.18 Å². The van der Waals surface area contributed by atoms with Crippen molar-refractivity contribution in [2.45, 2.75) is 114 Å². The van der Waals surface area contributed by atoms with E-state index >= 15 is 0 Å². The van der Waals surface area contributed by atoms with E-state index in [1.165, 1.54) is 37.3 Å². The number of hydrogen-bond acceptors (Lipinski definition) is 10. The van der Waals surface area contributed by atoms with E-state index < -0.39 is 41.0 Å². The topological polar surface area (TPSA) is 124 Å². The smallest absolute Gasteiger partial charge is 0.421 e. The zero-order chi connectivity index (χ0) is 37.7. The van der Waals surface area contributed by atoms with Gasteiger partial charge in [-0.2, -0.15) is 23.3 Å². The van der Waals surface area contributed by atoms with Gasteiger partial charge in [-0.1, -0.05) is 20.8 Å². The maximum Gasteiger partial charge on any atom is 0.421 e. The molecule has 11 nitrogen and oxygen atoms in total. The molecule has 282 valence electrons. The quantitative estimate of drug-likeness (QED) is 0.188. The van der Waals surface area contributed by atoms with Crippen LogP contribution in [0.3, 0.4) is 0 Å². The number of ether oxygens (including phenoxy) is 1. The summed E-state index contributed by atoms with van der Waals surface area (Å²) >= 11 is 0. The normalized spacial score (nSPS) is 17.9. The van der Waals surface area contributed by atoms with E-state index in [0.717, 1.165) is 56.6 Å². The molecular weight excluding hydrogens is 700 g/mol. The summed E-state index contributed by atoms with van der Waals surface area (Å²) in [4.78, 5) is 10.7. The molecule has 2 aliphatic heterocycles. The molecule has 1 fully saturated rings. The Morgan fingerprint density at radius 2 is 1.78 bits per heavy atom. The summed E-state index contributed by atoms with van der Waals surface area (Å²) < 4.78 is 82.3. The average molecular weight is 752 g/mol. The molecule has 51 heavy (non-hydrogen) atoms. The minimum Gasteiger partial charge on any atom is -0.488 e. The lowest BCUT2D eigenvalue weighted by Crippen LogP contribution is -2.43. The third-order valence-electron chi connectivity index (χ3n) is 10.4. The Morgan fingerprint density at radius 1 is 1.12 bits per heavy atom. The molecule has 3 aromatic rings. The molecule has 0 spiro atoms. The first-order valence-electron chi connectivity index (χ1n) is 17.5. The second-order valence-electron chi connectivity index (χ2n) is 15.6. The van der Waals surface area contributed by atoms with Gasteiger partial charge < -0.3 is 24.7 Å². The van der Waals surface area contributed by atoms with E-state index in [4.69, 9.17) is 9.16 Å². The van der Waals surface area contributed by atoms with Crippen LogP contribution in [0.1, 0.15) is 82.6 Å². The fraction of sp³-hybridized carbons (Fsp3) is 0.629. The highest BCUT2D eigenvalue weighted by molar-refractivity contribution is 7.92. The van der Waals surface area contributed by atoms with Crippen molar-refractivity contribution in [1.29, 1.82) is 0 Å². The molecule has 0 amide bonds. The maximum absolute atomic E-state index is 14.1. The number of piperidine rings is 1. The zero-order valence-corrected chi connectivity index (χ0v) is 33.1. The van der Waals surface area contributed by atoms with Crippen molar-refractivity contribution in [2.24, 2.45) is 7.05 Å². The van der Waals surface area contributed by atoms with Gasteiger partial charge in [-0.25, -0.2) is 13.4 Å². The summed E-state index contributed by atoms with van der Waals surface area (Å²) in [7, 11) is -4.22. The van der Waals surface area contributed by atoms with Crippen molar-refractivity contribution in [3.05, 3.63) is 40.7 Å². The largest absolute Gasteiger partial charge is 0.488 e. The number of hydrogen-bond donors (Lipinski definition) is 2. The van der Waals surface area contributed by atoms with Crippen LogP contribution in [0.4, 0.5) is 36.3 Å². The molecule has 1 aromatic carbocycles. The summed E-state index contributed by atoms with van der Waals surface area (Å²) in [6, 6.07) is 1.95. The fourth-order valence-corrected chi connectivity index (χ4v) is 8.62. The van der Waals surface area contributed by atoms with Gasteiger partial charge in [0.25, 0.3) is 0 Å². The van der Waals surface area contributed by atoms with Crippen LogP contribution in [0.5, 0.6) is 5.75 Å². The minimum atomic E-state index is -4.81. The molecule has 2 N–H and O–H groups in total. The van der Waals surface area contributed by atoms with E-state index in [1.807, 2.05) is 13.0 Å². The highest BCUT2D eigenvalue weighted by Gasteiger charge is 2.39. The average Bonchev–Trinajstić information content (AvgIpc) is 3.58. The lowest BCUT2D eigenvalue weighted by Gasteiger charge is -2.38. The van der Waals surface area contributed by atoms with Crippen molar-refractivity contribution in [3.8, 4) is 5.75 Å². The van der Waals surface area contributed by atoms with Gasteiger partial charge in [0.2, 0.25) is 20.8 Å². The van der Waals surface area contributed by atoms with Crippen LogP contribution >= 0.6 is 0 Å². The Bertz CT molecular complexity index is 1850. The van der Waals surface area contributed by atoms with Crippen LogP contribution in [-0.4, -0.2) is 79.0 Å². The molecule has 1 atom stereocenters. The molecule has 0 aliphatic carbocycles. The SMILES string of the molecule is Cc1cc(Nc2ncc(C(F)(F)F)c(Nc3cn(C)nc3S(=O)(=O)C(C)C)n2)c2c(c1C1CCN(CCO[Si](C)(C)C(C)(C)C)CC1)C[C@@H](C)O2. The van der Waals surface area contributed by atoms with E-state index in [0.29, 0.717) is 23.6 Å². The second kappa shape index (κ2) is 14.3. The number of nitrogens with one attached hydrogen (secondary N) is 2. The van der Waals surface area contributed by atoms with Gasteiger partial charge in [0.1, 0.15) is 23.2 Å². The van der Waals surface area contributed by atoms with E-state index in [1.54, 1.807) is 0 Å². The predicted octanol–water partition coefficient (Wildman–Crippen LogP) is 7.73. The van der Waals surface area contributed by atoms with Gasteiger partial charge in [-0.05, 0) is 94.9 Å². The summed E-state index contributed by atoms with van der Waals surface area (Å²) in [5, 5.41) is 8.70. The number of halogens is 3. The number of nitrogens with zero attached hydrogens (tertiary/aromatic N) is 5. The van der Waals surface area contributed by atoms with Gasteiger partial charge in [-0.15, -0.1) is 0 Å². The summed E-state index contributed by atoms with van der Waals surface area (Å²) in [6.45, 7) is 22.0. The highest BCUT2D eigenvalue weighted by Crippen LogP contribution is 2.46. The summed E-state index contributed by atoms with van der Waals surface area (Å²) in [5.74, 6) is 0.305. The molecule has 5 rings (SSSR count). The van der Waals surface area contributed by atoms with Crippen molar-refractivity contribution >= 4 is 41.3 Å². The van der Waals surface area contributed by atoms with Crippen LogP contribution in [0, 0.1) is 6.92 Å². The first-order chi connectivity index (χ1) is 23.6. The Kier molecular flexibility index (Phi) is 10.9. The number of fused-ring (bicyclic) bond motifs is 1. The number of sulfone groups is 1. The number of aryl methyl sites for hydroxylation is 2.